The number of fused-ring (bicyclic) bond motifs is 1. The predicted octanol–water partition coefficient (Wildman–Crippen LogP) is 4.21. The number of hydrogen-bond donors (Lipinski definition) is 2. The molecule has 0 amide bonds. The van der Waals surface area contributed by atoms with Gasteiger partial charge in [0.1, 0.15) is 0 Å². The first-order valence-electron chi connectivity index (χ1n) is 9.05. The van der Waals surface area contributed by atoms with Crippen LogP contribution in [0.15, 0.2) is 42.5 Å². The third-order valence-electron chi connectivity index (χ3n) is 4.70. The van der Waals surface area contributed by atoms with Gasteiger partial charge in [-0.2, -0.15) is 0 Å². The van der Waals surface area contributed by atoms with Gasteiger partial charge in [0.25, 0.3) is 0 Å². The molecule has 2 heterocycles. The fourth-order valence-electron chi connectivity index (χ4n) is 3.34. The van der Waals surface area contributed by atoms with Gasteiger partial charge in [-0.3, -0.25) is 4.90 Å². The van der Waals surface area contributed by atoms with E-state index in [1.807, 2.05) is 18.2 Å². The summed E-state index contributed by atoms with van der Waals surface area (Å²) in [5, 5.41) is 6.95. The lowest BCUT2D eigenvalue weighted by Gasteiger charge is -2.26. The number of nitrogens with one attached hydrogen (secondary N) is 2. The summed E-state index contributed by atoms with van der Waals surface area (Å²) in [6.45, 7) is 3.72. The normalized spacial score (nSPS) is 16.3. The van der Waals surface area contributed by atoms with Gasteiger partial charge in [-0.1, -0.05) is 18.6 Å². The van der Waals surface area contributed by atoms with Crippen LogP contribution in [-0.2, 0) is 6.54 Å². The van der Waals surface area contributed by atoms with Crippen molar-refractivity contribution in [1.82, 2.24) is 4.90 Å². The molecule has 0 spiro atoms. The summed E-state index contributed by atoms with van der Waals surface area (Å²) in [6.07, 6.45) is 4.01. The van der Waals surface area contributed by atoms with Crippen LogP contribution in [0.4, 0.5) is 11.4 Å². The van der Waals surface area contributed by atoms with E-state index in [1.165, 1.54) is 37.9 Å². The van der Waals surface area contributed by atoms with Crippen LogP contribution in [-0.4, -0.2) is 29.9 Å². The third-order valence-corrected chi connectivity index (χ3v) is 4.90. The average molecular weight is 369 g/mol. The van der Waals surface area contributed by atoms with Gasteiger partial charge < -0.3 is 20.1 Å². The highest BCUT2D eigenvalue weighted by Crippen LogP contribution is 2.34. The molecule has 2 N–H and O–H groups in total. The second-order valence-corrected chi connectivity index (χ2v) is 7.09. The van der Waals surface area contributed by atoms with Crippen molar-refractivity contribution in [3.63, 3.8) is 0 Å². The van der Waals surface area contributed by atoms with E-state index in [4.69, 9.17) is 21.7 Å². The molecule has 2 aliphatic rings. The van der Waals surface area contributed by atoms with Crippen molar-refractivity contribution >= 4 is 28.7 Å². The first-order chi connectivity index (χ1) is 12.8. The molecule has 6 heteroatoms. The molecule has 26 heavy (non-hydrogen) atoms. The summed E-state index contributed by atoms with van der Waals surface area (Å²) in [6, 6.07) is 14.2. The lowest BCUT2D eigenvalue weighted by molar-refractivity contribution is 0.174. The number of benzene rings is 2. The van der Waals surface area contributed by atoms with E-state index < -0.39 is 0 Å². The van der Waals surface area contributed by atoms with Crippen LogP contribution in [0.5, 0.6) is 11.5 Å². The largest absolute Gasteiger partial charge is 0.454 e. The maximum atomic E-state index is 5.41. The number of nitrogens with zero attached hydrogens (tertiary/aromatic N) is 1. The molecular formula is C20H23N3O2S. The van der Waals surface area contributed by atoms with Gasteiger partial charge in [0.05, 0.1) is 0 Å². The Hall–Kier alpha value is -2.31. The van der Waals surface area contributed by atoms with Crippen molar-refractivity contribution < 1.29 is 9.47 Å². The molecule has 2 aliphatic heterocycles. The van der Waals surface area contributed by atoms with Crippen LogP contribution < -0.4 is 20.1 Å². The van der Waals surface area contributed by atoms with E-state index in [9.17, 15) is 0 Å². The van der Waals surface area contributed by atoms with E-state index in [-0.39, 0.29) is 6.79 Å². The molecule has 0 atom stereocenters. The van der Waals surface area contributed by atoms with Gasteiger partial charge in [-0.25, -0.2) is 0 Å². The Morgan fingerprint density at radius 1 is 0.885 bits per heavy atom. The van der Waals surface area contributed by atoms with E-state index >= 15 is 0 Å². The first-order valence-corrected chi connectivity index (χ1v) is 9.46. The highest BCUT2D eigenvalue weighted by atomic mass is 32.1. The van der Waals surface area contributed by atoms with E-state index in [2.05, 4.69) is 39.8 Å². The van der Waals surface area contributed by atoms with Gasteiger partial charge in [0.2, 0.25) is 6.79 Å². The molecule has 4 rings (SSSR count). The molecule has 0 unspecified atom stereocenters. The van der Waals surface area contributed by atoms with Crippen LogP contribution >= 0.6 is 12.2 Å². The summed E-state index contributed by atoms with van der Waals surface area (Å²) >= 11 is 5.41. The number of likely N-dealkylation sites (tertiary alicyclic amines) is 1. The molecule has 0 bridgehead atoms. The van der Waals surface area contributed by atoms with Crippen molar-refractivity contribution in [3.05, 3.63) is 48.0 Å². The molecule has 5 nitrogen and oxygen atoms in total. The number of thiocarbonyl (C=S) groups is 1. The number of anilines is 2. The molecule has 1 fully saturated rings. The number of hydrogen-bond acceptors (Lipinski definition) is 4. The SMILES string of the molecule is S=C(Nc1ccc(CN2CCCCC2)cc1)Nc1ccc2c(c1)OCO2. The maximum Gasteiger partial charge on any atom is 0.231 e. The van der Waals surface area contributed by atoms with Gasteiger partial charge in [-0.05, 0) is 68.0 Å². The van der Waals surface area contributed by atoms with Crippen LogP contribution in [0.1, 0.15) is 24.8 Å². The summed E-state index contributed by atoms with van der Waals surface area (Å²) in [5.74, 6) is 1.50. The molecule has 0 aliphatic carbocycles. The number of piperidine rings is 1. The second-order valence-electron chi connectivity index (χ2n) is 6.68. The molecular weight excluding hydrogens is 346 g/mol. The fourth-order valence-corrected chi connectivity index (χ4v) is 3.57. The predicted molar refractivity (Wildman–Crippen MR) is 108 cm³/mol. The topological polar surface area (TPSA) is 45.8 Å². The molecule has 0 radical (unpaired) electrons. The Kier molecular flexibility index (Phi) is 5.22. The van der Waals surface area contributed by atoms with Gasteiger partial charge in [0.15, 0.2) is 16.6 Å². The van der Waals surface area contributed by atoms with Crippen molar-refractivity contribution in [2.75, 3.05) is 30.5 Å². The minimum atomic E-state index is 0.269. The third kappa shape index (κ3) is 4.26. The lowest BCUT2D eigenvalue weighted by Crippen LogP contribution is -2.29. The Morgan fingerprint density at radius 3 is 2.38 bits per heavy atom. The van der Waals surface area contributed by atoms with Crippen molar-refractivity contribution in [2.45, 2.75) is 25.8 Å². The van der Waals surface area contributed by atoms with Crippen molar-refractivity contribution in [3.8, 4) is 11.5 Å². The highest BCUT2D eigenvalue weighted by Gasteiger charge is 2.14. The average Bonchev–Trinajstić information content (AvgIpc) is 3.12. The Bertz CT molecular complexity index is 773. The van der Waals surface area contributed by atoms with Gasteiger partial charge in [0, 0.05) is 24.0 Å². The Balaban J connectivity index is 1.31. The van der Waals surface area contributed by atoms with Crippen molar-refractivity contribution in [1.29, 1.82) is 0 Å². The van der Waals surface area contributed by atoms with Crippen LogP contribution in [0.25, 0.3) is 0 Å². The zero-order chi connectivity index (χ0) is 17.8. The van der Waals surface area contributed by atoms with Crippen molar-refractivity contribution in [2.24, 2.45) is 0 Å². The van der Waals surface area contributed by atoms with Crippen LogP contribution in [0.2, 0.25) is 0 Å². The summed E-state index contributed by atoms with van der Waals surface area (Å²) < 4.78 is 10.7. The summed E-state index contributed by atoms with van der Waals surface area (Å²) in [5.41, 5.74) is 3.19. The summed E-state index contributed by atoms with van der Waals surface area (Å²) in [7, 11) is 0. The minimum Gasteiger partial charge on any atom is -0.454 e. The molecule has 0 saturated carbocycles. The second kappa shape index (κ2) is 7.93. The highest BCUT2D eigenvalue weighted by molar-refractivity contribution is 7.80. The fraction of sp³-hybridized carbons (Fsp3) is 0.350. The first kappa shape index (κ1) is 17.1. The van der Waals surface area contributed by atoms with Gasteiger partial charge in [-0.15, -0.1) is 0 Å². The maximum absolute atomic E-state index is 5.41. The quantitative estimate of drug-likeness (QED) is 0.787. The van der Waals surface area contributed by atoms with Gasteiger partial charge >= 0.3 is 0 Å². The number of rotatable bonds is 4. The molecule has 2 aromatic rings. The lowest BCUT2D eigenvalue weighted by atomic mass is 10.1. The smallest absolute Gasteiger partial charge is 0.231 e. The zero-order valence-corrected chi connectivity index (χ0v) is 15.5. The standard InChI is InChI=1S/C20H23N3O2S/c26-20(22-17-8-9-18-19(12-17)25-14-24-18)21-16-6-4-15(5-7-16)13-23-10-2-1-3-11-23/h4-9,12H,1-3,10-11,13-14H2,(H2,21,22,26). The molecule has 2 aromatic carbocycles. The summed E-state index contributed by atoms with van der Waals surface area (Å²) in [4.78, 5) is 2.53. The Morgan fingerprint density at radius 2 is 1.58 bits per heavy atom. The zero-order valence-electron chi connectivity index (χ0n) is 14.7. The monoisotopic (exact) mass is 369 g/mol. The number of ether oxygens (including phenoxy) is 2. The van der Waals surface area contributed by atoms with Crippen LogP contribution in [0.3, 0.4) is 0 Å². The van der Waals surface area contributed by atoms with E-state index in [0.717, 1.165) is 29.4 Å². The van der Waals surface area contributed by atoms with E-state index in [1.54, 1.807) is 0 Å². The molecule has 1 saturated heterocycles. The molecule has 136 valence electrons. The van der Waals surface area contributed by atoms with E-state index in [0.29, 0.717) is 5.11 Å². The van der Waals surface area contributed by atoms with Crippen LogP contribution in [0, 0.1) is 0 Å². The molecule has 0 aromatic heterocycles. The Labute approximate surface area is 159 Å². The minimum absolute atomic E-state index is 0.269.